The van der Waals surface area contributed by atoms with Crippen LogP contribution in [-0.2, 0) is 15.5 Å². The molecule has 0 saturated carbocycles. The summed E-state index contributed by atoms with van der Waals surface area (Å²) in [5.74, 6) is -3.59. The molecule has 0 bridgehead atoms. The minimum Gasteiger partial charge on any atom is -0.374 e. The fourth-order valence-electron chi connectivity index (χ4n) is 2.69. The number of ether oxygens (including phenoxy) is 1. The van der Waals surface area contributed by atoms with Crippen molar-refractivity contribution in [2.45, 2.75) is 32.8 Å². The van der Waals surface area contributed by atoms with Gasteiger partial charge < -0.3 is 15.4 Å². The van der Waals surface area contributed by atoms with Gasteiger partial charge in [0.1, 0.15) is 23.4 Å². The second kappa shape index (κ2) is 8.03. The number of pyridine rings is 1. The zero-order chi connectivity index (χ0) is 21.2. The highest BCUT2D eigenvalue weighted by Gasteiger charge is 2.29. The van der Waals surface area contributed by atoms with E-state index in [0.29, 0.717) is 29.4 Å². The molecule has 0 saturated heterocycles. The Balaban J connectivity index is 1.99. The minimum atomic E-state index is -3.18. The van der Waals surface area contributed by atoms with Crippen LogP contribution in [0, 0.1) is 6.92 Å². The Hall–Kier alpha value is -3.21. The Bertz CT molecular complexity index is 946. The van der Waals surface area contributed by atoms with Crippen molar-refractivity contribution in [3.8, 4) is 0 Å². The zero-order valence-corrected chi connectivity index (χ0v) is 16.4. The smallest absolute Gasteiger partial charge is 0.303 e. The number of hydrogen-bond acceptors (Lipinski definition) is 8. The number of aromatic nitrogens is 3. The number of halogens is 2. The largest absolute Gasteiger partial charge is 0.374 e. The molecule has 29 heavy (non-hydrogen) atoms. The second-order valence-corrected chi connectivity index (χ2v) is 6.62. The summed E-state index contributed by atoms with van der Waals surface area (Å²) in [6.45, 7) is 4.15. The van der Waals surface area contributed by atoms with E-state index in [9.17, 15) is 13.6 Å². The molecule has 2 aromatic heterocycles. The summed E-state index contributed by atoms with van der Waals surface area (Å²) in [5, 5.41) is 11.6. The summed E-state index contributed by atoms with van der Waals surface area (Å²) in [5.41, 5.74) is 1.42. The standard InChI is InChI=1S/C18H21F2N7O2/c1-10-5-16(26-17(23-10)18(3,19)20)25-13-6-15(24-11(2)28)21-8-14(13)27-9-12(29-4)7-22-27/h5-8,12H,9H2,1-4H3,(H2,21,23,24,25,26,28). The fourth-order valence-corrected chi connectivity index (χ4v) is 2.69. The summed E-state index contributed by atoms with van der Waals surface area (Å²) in [6.07, 6.45) is 2.98. The maximum absolute atomic E-state index is 13.7. The van der Waals surface area contributed by atoms with Crippen LogP contribution in [0.15, 0.2) is 23.4 Å². The van der Waals surface area contributed by atoms with E-state index in [2.05, 4.69) is 30.7 Å². The molecule has 1 amide bonds. The van der Waals surface area contributed by atoms with Crippen molar-refractivity contribution in [1.29, 1.82) is 0 Å². The van der Waals surface area contributed by atoms with E-state index in [1.807, 2.05) is 0 Å². The van der Waals surface area contributed by atoms with Crippen molar-refractivity contribution in [2.75, 3.05) is 29.3 Å². The third-order valence-electron chi connectivity index (χ3n) is 4.00. The molecule has 11 heteroatoms. The highest BCUT2D eigenvalue weighted by atomic mass is 19.3. The lowest BCUT2D eigenvalue weighted by Gasteiger charge is -2.20. The van der Waals surface area contributed by atoms with Crippen LogP contribution < -0.4 is 15.6 Å². The zero-order valence-electron chi connectivity index (χ0n) is 16.4. The molecular weight excluding hydrogens is 384 g/mol. The predicted octanol–water partition coefficient (Wildman–Crippen LogP) is 2.81. The lowest BCUT2D eigenvalue weighted by molar-refractivity contribution is -0.114. The molecule has 9 nitrogen and oxygen atoms in total. The van der Waals surface area contributed by atoms with Crippen LogP contribution in [0.25, 0.3) is 0 Å². The third-order valence-corrected chi connectivity index (χ3v) is 4.00. The van der Waals surface area contributed by atoms with Gasteiger partial charge in [0.05, 0.1) is 24.6 Å². The van der Waals surface area contributed by atoms with Crippen molar-refractivity contribution in [1.82, 2.24) is 15.0 Å². The number of hydrogen-bond donors (Lipinski definition) is 2. The van der Waals surface area contributed by atoms with Gasteiger partial charge in [-0.3, -0.25) is 9.80 Å². The van der Waals surface area contributed by atoms with Gasteiger partial charge in [-0.05, 0) is 6.92 Å². The van der Waals surface area contributed by atoms with Crippen molar-refractivity contribution in [3.63, 3.8) is 0 Å². The number of hydrazone groups is 1. The lowest BCUT2D eigenvalue weighted by atomic mass is 10.2. The number of rotatable bonds is 6. The SMILES string of the molecule is COC1C=NN(c2cnc(NC(C)=O)cc2Nc2cc(C)nc(C(C)(F)F)n2)C1. The van der Waals surface area contributed by atoms with Gasteiger partial charge >= 0.3 is 5.92 Å². The molecule has 154 valence electrons. The molecule has 0 fully saturated rings. The Morgan fingerprint density at radius 1 is 1.31 bits per heavy atom. The first-order valence-corrected chi connectivity index (χ1v) is 8.79. The summed E-state index contributed by atoms with van der Waals surface area (Å²) in [4.78, 5) is 23.3. The molecule has 2 aromatic rings. The van der Waals surface area contributed by atoms with E-state index in [1.165, 1.54) is 13.1 Å². The first kappa shape index (κ1) is 20.5. The van der Waals surface area contributed by atoms with Gasteiger partial charge in [-0.15, -0.1) is 0 Å². The second-order valence-electron chi connectivity index (χ2n) is 6.62. The van der Waals surface area contributed by atoms with Crippen LogP contribution in [0.1, 0.15) is 25.4 Å². The molecule has 1 unspecified atom stereocenters. The molecule has 0 aliphatic carbocycles. The number of nitrogens with zero attached hydrogens (tertiary/aromatic N) is 5. The Morgan fingerprint density at radius 3 is 2.69 bits per heavy atom. The number of methoxy groups -OCH3 is 1. The lowest BCUT2D eigenvalue weighted by Crippen LogP contribution is -2.23. The van der Waals surface area contributed by atoms with Gasteiger partial charge in [0, 0.05) is 38.8 Å². The number of carbonyl (C=O) groups excluding carboxylic acids is 1. The van der Waals surface area contributed by atoms with Crippen molar-refractivity contribution < 1.29 is 18.3 Å². The topological polar surface area (TPSA) is 105 Å². The first-order valence-electron chi connectivity index (χ1n) is 8.79. The maximum atomic E-state index is 13.7. The van der Waals surface area contributed by atoms with Crippen molar-refractivity contribution in [3.05, 3.63) is 29.8 Å². The molecule has 2 N–H and O–H groups in total. The molecule has 1 atom stereocenters. The molecule has 0 radical (unpaired) electrons. The molecule has 0 aromatic carbocycles. The summed E-state index contributed by atoms with van der Waals surface area (Å²) >= 11 is 0. The molecule has 3 heterocycles. The molecule has 3 rings (SSSR count). The Morgan fingerprint density at radius 2 is 2.07 bits per heavy atom. The number of aryl methyl sites for hydroxylation is 1. The van der Waals surface area contributed by atoms with Crippen molar-refractivity contribution >= 4 is 35.1 Å². The van der Waals surface area contributed by atoms with Crippen LogP contribution >= 0.6 is 0 Å². The third kappa shape index (κ3) is 4.99. The van der Waals surface area contributed by atoms with Crippen LogP contribution in [0.3, 0.4) is 0 Å². The predicted molar refractivity (Wildman–Crippen MR) is 105 cm³/mol. The van der Waals surface area contributed by atoms with E-state index in [1.54, 1.807) is 37.4 Å². The van der Waals surface area contributed by atoms with E-state index >= 15 is 0 Å². The number of amides is 1. The highest BCUT2D eigenvalue weighted by Crippen LogP contribution is 2.32. The van der Waals surface area contributed by atoms with Gasteiger partial charge in [0.15, 0.2) is 0 Å². The number of anilines is 4. The van der Waals surface area contributed by atoms with Crippen LogP contribution in [-0.4, -0.2) is 46.8 Å². The summed E-state index contributed by atoms with van der Waals surface area (Å²) in [7, 11) is 1.58. The highest BCUT2D eigenvalue weighted by molar-refractivity contribution is 5.89. The van der Waals surface area contributed by atoms with Gasteiger partial charge in [-0.2, -0.15) is 13.9 Å². The van der Waals surface area contributed by atoms with Gasteiger partial charge in [-0.25, -0.2) is 15.0 Å². The van der Waals surface area contributed by atoms with Gasteiger partial charge in [0.25, 0.3) is 0 Å². The average molecular weight is 405 g/mol. The van der Waals surface area contributed by atoms with E-state index in [4.69, 9.17) is 4.74 Å². The maximum Gasteiger partial charge on any atom is 0.303 e. The van der Waals surface area contributed by atoms with E-state index < -0.39 is 11.7 Å². The Labute approximate surface area is 166 Å². The average Bonchev–Trinajstić information content (AvgIpc) is 3.09. The Kier molecular flexibility index (Phi) is 5.69. The monoisotopic (exact) mass is 405 g/mol. The van der Waals surface area contributed by atoms with Gasteiger partial charge in [-0.1, -0.05) is 0 Å². The first-order chi connectivity index (χ1) is 13.7. The minimum absolute atomic E-state index is 0.182. The number of carbonyl (C=O) groups is 1. The molecular formula is C18H21F2N7O2. The van der Waals surface area contributed by atoms with Gasteiger partial charge in [0.2, 0.25) is 11.7 Å². The van der Waals surface area contributed by atoms with Crippen LogP contribution in [0.5, 0.6) is 0 Å². The van der Waals surface area contributed by atoms with E-state index in [0.717, 1.165) is 6.92 Å². The normalized spacial score (nSPS) is 16.2. The fraction of sp³-hybridized carbons (Fsp3) is 0.389. The molecule has 1 aliphatic heterocycles. The summed E-state index contributed by atoms with van der Waals surface area (Å²) < 4.78 is 32.7. The number of alkyl halides is 2. The molecule has 1 aliphatic rings. The molecule has 0 spiro atoms. The van der Waals surface area contributed by atoms with Crippen LogP contribution in [0.4, 0.5) is 31.8 Å². The van der Waals surface area contributed by atoms with Crippen LogP contribution in [0.2, 0.25) is 0 Å². The van der Waals surface area contributed by atoms with E-state index in [-0.39, 0.29) is 17.8 Å². The quantitative estimate of drug-likeness (QED) is 0.761. The number of nitrogens with one attached hydrogen (secondary N) is 2. The summed E-state index contributed by atoms with van der Waals surface area (Å²) in [6, 6.07) is 3.12. The van der Waals surface area contributed by atoms with Crippen molar-refractivity contribution in [2.24, 2.45) is 5.10 Å².